The SMILES string of the molecule is CC(c1ccccc1F)N(C)C(=O)c1c(N)cnn1C. The monoisotopic (exact) mass is 276 g/mol. The van der Waals surface area contributed by atoms with Gasteiger partial charge in [0.1, 0.15) is 11.5 Å². The van der Waals surface area contributed by atoms with Gasteiger partial charge in [-0.05, 0) is 13.0 Å². The van der Waals surface area contributed by atoms with Crippen LogP contribution in [-0.2, 0) is 7.05 Å². The third-order valence-corrected chi connectivity index (χ3v) is 3.43. The summed E-state index contributed by atoms with van der Waals surface area (Å²) in [6, 6.07) is 6.00. The van der Waals surface area contributed by atoms with Crippen molar-refractivity contribution < 1.29 is 9.18 Å². The highest BCUT2D eigenvalue weighted by molar-refractivity contribution is 5.97. The van der Waals surface area contributed by atoms with E-state index in [-0.39, 0.29) is 11.7 Å². The number of benzene rings is 1. The summed E-state index contributed by atoms with van der Waals surface area (Å²) in [5.74, 6) is -0.629. The summed E-state index contributed by atoms with van der Waals surface area (Å²) in [5.41, 5.74) is 6.82. The minimum Gasteiger partial charge on any atom is -0.396 e. The summed E-state index contributed by atoms with van der Waals surface area (Å²) >= 11 is 0. The van der Waals surface area contributed by atoms with Gasteiger partial charge in [0.25, 0.3) is 5.91 Å². The molecule has 2 N–H and O–H groups in total. The Bertz CT molecular complexity index is 618. The number of rotatable bonds is 3. The highest BCUT2D eigenvalue weighted by Crippen LogP contribution is 2.24. The zero-order valence-electron chi connectivity index (χ0n) is 11.7. The molecular formula is C14H17FN4O. The third-order valence-electron chi connectivity index (χ3n) is 3.43. The van der Waals surface area contributed by atoms with Crippen molar-refractivity contribution in [3.8, 4) is 0 Å². The first-order chi connectivity index (χ1) is 9.43. The average molecular weight is 276 g/mol. The fourth-order valence-corrected chi connectivity index (χ4v) is 2.08. The molecule has 0 radical (unpaired) electrons. The molecule has 0 spiro atoms. The van der Waals surface area contributed by atoms with Crippen molar-refractivity contribution in [1.82, 2.24) is 14.7 Å². The topological polar surface area (TPSA) is 64.2 Å². The Hall–Kier alpha value is -2.37. The number of carbonyl (C=O) groups is 1. The maximum atomic E-state index is 13.8. The predicted molar refractivity (Wildman–Crippen MR) is 74.5 cm³/mol. The summed E-state index contributed by atoms with van der Waals surface area (Å²) in [5, 5.41) is 3.94. The van der Waals surface area contributed by atoms with Crippen LogP contribution >= 0.6 is 0 Å². The van der Waals surface area contributed by atoms with Gasteiger partial charge in [0, 0.05) is 19.7 Å². The first-order valence-corrected chi connectivity index (χ1v) is 6.22. The van der Waals surface area contributed by atoms with Crippen molar-refractivity contribution >= 4 is 11.6 Å². The summed E-state index contributed by atoms with van der Waals surface area (Å²) < 4.78 is 15.2. The minimum absolute atomic E-state index is 0.293. The number of amides is 1. The number of nitrogen functional groups attached to an aromatic ring is 1. The molecule has 6 heteroatoms. The molecule has 0 saturated carbocycles. The van der Waals surface area contributed by atoms with E-state index in [1.807, 2.05) is 0 Å². The average Bonchev–Trinajstić information content (AvgIpc) is 2.76. The molecule has 106 valence electrons. The van der Waals surface area contributed by atoms with Crippen LogP contribution in [-0.4, -0.2) is 27.6 Å². The van der Waals surface area contributed by atoms with Gasteiger partial charge in [-0.2, -0.15) is 5.10 Å². The lowest BCUT2D eigenvalue weighted by molar-refractivity contribution is 0.0730. The summed E-state index contributed by atoms with van der Waals surface area (Å²) in [4.78, 5) is 13.9. The molecule has 0 saturated heterocycles. The van der Waals surface area contributed by atoms with E-state index in [0.717, 1.165) is 0 Å². The van der Waals surface area contributed by atoms with Crippen LogP contribution in [0.15, 0.2) is 30.5 Å². The second-order valence-electron chi connectivity index (χ2n) is 4.69. The van der Waals surface area contributed by atoms with Crippen LogP contribution in [0.1, 0.15) is 29.0 Å². The number of halogens is 1. The first-order valence-electron chi connectivity index (χ1n) is 6.22. The number of hydrogen-bond acceptors (Lipinski definition) is 3. The first kappa shape index (κ1) is 14.0. The van der Waals surface area contributed by atoms with Crippen LogP contribution in [0, 0.1) is 5.82 Å². The molecule has 0 aliphatic rings. The van der Waals surface area contributed by atoms with Gasteiger partial charge in [-0.15, -0.1) is 0 Å². The summed E-state index contributed by atoms with van der Waals surface area (Å²) in [7, 11) is 3.26. The van der Waals surface area contributed by atoms with Gasteiger partial charge in [0.05, 0.1) is 17.9 Å². The van der Waals surface area contributed by atoms with Crippen molar-refractivity contribution in [1.29, 1.82) is 0 Å². The molecule has 2 rings (SSSR count). The van der Waals surface area contributed by atoms with Crippen LogP contribution in [0.2, 0.25) is 0 Å². The molecule has 0 aliphatic carbocycles. The van der Waals surface area contributed by atoms with Crippen LogP contribution in [0.4, 0.5) is 10.1 Å². The number of aromatic nitrogens is 2. The predicted octanol–water partition coefficient (Wildman–Crippen LogP) is 1.97. The molecule has 20 heavy (non-hydrogen) atoms. The molecule has 0 bridgehead atoms. The van der Waals surface area contributed by atoms with E-state index < -0.39 is 6.04 Å². The lowest BCUT2D eigenvalue weighted by atomic mass is 10.1. The number of anilines is 1. The van der Waals surface area contributed by atoms with Gasteiger partial charge < -0.3 is 10.6 Å². The zero-order chi connectivity index (χ0) is 14.9. The second-order valence-corrected chi connectivity index (χ2v) is 4.69. The molecule has 1 aromatic heterocycles. The fourth-order valence-electron chi connectivity index (χ4n) is 2.08. The minimum atomic E-state index is -0.405. The van der Waals surface area contributed by atoms with E-state index in [1.165, 1.54) is 21.8 Å². The van der Waals surface area contributed by atoms with Crippen LogP contribution in [0.25, 0.3) is 0 Å². The van der Waals surface area contributed by atoms with Crippen LogP contribution in [0.3, 0.4) is 0 Å². The molecule has 1 unspecified atom stereocenters. The number of hydrogen-bond donors (Lipinski definition) is 1. The highest BCUT2D eigenvalue weighted by atomic mass is 19.1. The molecule has 0 aliphatic heterocycles. The number of nitrogens with two attached hydrogens (primary N) is 1. The maximum Gasteiger partial charge on any atom is 0.274 e. The van der Waals surface area contributed by atoms with Gasteiger partial charge >= 0.3 is 0 Å². The molecule has 5 nitrogen and oxygen atoms in total. The Kier molecular flexibility index (Phi) is 3.74. The molecule has 0 fully saturated rings. The van der Waals surface area contributed by atoms with E-state index in [0.29, 0.717) is 16.9 Å². The lowest BCUT2D eigenvalue weighted by Crippen LogP contribution is -2.32. The Balaban J connectivity index is 2.30. The van der Waals surface area contributed by atoms with Crippen molar-refractivity contribution in [2.45, 2.75) is 13.0 Å². The van der Waals surface area contributed by atoms with Gasteiger partial charge in [-0.1, -0.05) is 18.2 Å². The lowest BCUT2D eigenvalue weighted by Gasteiger charge is -2.25. The van der Waals surface area contributed by atoms with Crippen LogP contribution < -0.4 is 5.73 Å². The van der Waals surface area contributed by atoms with Crippen molar-refractivity contribution in [2.24, 2.45) is 7.05 Å². The van der Waals surface area contributed by atoms with Gasteiger partial charge in [-0.3, -0.25) is 9.48 Å². The Morgan fingerprint density at radius 2 is 2.10 bits per heavy atom. The largest absolute Gasteiger partial charge is 0.396 e. The number of nitrogens with zero attached hydrogens (tertiary/aromatic N) is 3. The highest BCUT2D eigenvalue weighted by Gasteiger charge is 2.24. The quantitative estimate of drug-likeness (QED) is 0.932. The summed E-state index contributed by atoms with van der Waals surface area (Å²) in [6.07, 6.45) is 1.43. The fraction of sp³-hybridized carbons (Fsp3) is 0.286. The maximum absolute atomic E-state index is 13.8. The molecule has 2 aromatic rings. The van der Waals surface area contributed by atoms with Crippen LogP contribution in [0.5, 0.6) is 0 Å². The molecular weight excluding hydrogens is 259 g/mol. The Morgan fingerprint density at radius 1 is 1.45 bits per heavy atom. The van der Waals surface area contributed by atoms with Gasteiger partial charge in [0.2, 0.25) is 0 Å². The Morgan fingerprint density at radius 3 is 2.65 bits per heavy atom. The Labute approximate surface area is 116 Å². The van der Waals surface area contributed by atoms with Gasteiger partial charge in [0.15, 0.2) is 0 Å². The number of carbonyl (C=O) groups excluding carboxylic acids is 1. The van der Waals surface area contributed by atoms with E-state index in [4.69, 9.17) is 5.73 Å². The standard InChI is InChI=1S/C14H17FN4O/c1-9(10-6-4-5-7-11(10)15)18(2)14(20)13-12(16)8-17-19(13)3/h4-9H,16H2,1-3H3. The third kappa shape index (κ3) is 2.36. The van der Waals surface area contributed by atoms with E-state index in [9.17, 15) is 9.18 Å². The molecule has 1 aromatic carbocycles. The molecule has 1 atom stereocenters. The molecule has 1 amide bonds. The molecule has 1 heterocycles. The van der Waals surface area contributed by atoms with Crippen molar-refractivity contribution in [2.75, 3.05) is 12.8 Å². The van der Waals surface area contributed by atoms with E-state index >= 15 is 0 Å². The van der Waals surface area contributed by atoms with Crippen molar-refractivity contribution in [3.05, 3.63) is 47.5 Å². The van der Waals surface area contributed by atoms with Crippen molar-refractivity contribution in [3.63, 3.8) is 0 Å². The summed E-state index contributed by atoms with van der Waals surface area (Å²) in [6.45, 7) is 1.77. The zero-order valence-corrected chi connectivity index (χ0v) is 11.7. The normalized spacial score (nSPS) is 12.2. The van der Waals surface area contributed by atoms with Gasteiger partial charge in [-0.25, -0.2) is 4.39 Å². The number of aryl methyl sites for hydroxylation is 1. The van der Waals surface area contributed by atoms with E-state index in [1.54, 1.807) is 39.2 Å². The smallest absolute Gasteiger partial charge is 0.274 e. The second kappa shape index (κ2) is 5.32. The van der Waals surface area contributed by atoms with E-state index in [2.05, 4.69) is 5.10 Å².